The Bertz CT molecular complexity index is 897. The lowest BCUT2D eigenvalue weighted by atomic mass is 10.1. The molecule has 0 saturated carbocycles. The molecule has 1 heterocycles. The molecule has 2 amide bonds. The van der Waals surface area contributed by atoms with Crippen molar-refractivity contribution in [3.05, 3.63) is 64.2 Å². The van der Waals surface area contributed by atoms with Gasteiger partial charge in [-0.2, -0.15) is 5.26 Å². The number of piperazine rings is 1. The van der Waals surface area contributed by atoms with Gasteiger partial charge >= 0.3 is 0 Å². The molecule has 2 aromatic carbocycles. The fourth-order valence-electron chi connectivity index (χ4n) is 2.86. The van der Waals surface area contributed by atoms with Gasteiger partial charge < -0.3 is 15.1 Å². The molecule has 3 rings (SSSR count). The Morgan fingerprint density at radius 1 is 1.07 bits per heavy atom. The van der Waals surface area contributed by atoms with Crippen LogP contribution in [0.5, 0.6) is 0 Å². The van der Waals surface area contributed by atoms with Gasteiger partial charge in [0.1, 0.15) is 0 Å². The van der Waals surface area contributed by atoms with E-state index in [1.807, 2.05) is 18.0 Å². The average Bonchev–Trinajstić information content (AvgIpc) is 2.69. The van der Waals surface area contributed by atoms with Crippen LogP contribution in [0.1, 0.15) is 26.3 Å². The Labute approximate surface area is 162 Å². The largest absolute Gasteiger partial charge is 0.336 e. The summed E-state index contributed by atoms with van der Waals surface area (Å²) in [6, 6.07) is 13.3. The summed E-state index contributed by atoms with van der Waals surface area (Å²) in [4.78, 5) is 29.0. The zero-order valence-corrected chi connectivity index (χ0v) is 15.7. The smallest absolute Gasteiger partial charge is 0.257 e. The Morgan fingerprint density at radius 2 is 1.74 bits per heavy atom. The van der Waals surface area contributed by atoms with Crippen molar-refractivity contribution >= 4 is 29.1 Å². The minimum atomic E-state index is -0.407. The second kappa shape index (κ2) is 8.21. The maximum Gasteiger partial charge on any atom is 0.257 e. The van der Waals surface area contributed by atoms with Gasteiger partial charge in [0, 0.05) is 37.4 Å². The van der Waals surface area contributed by atoms with Crippen LogP contribution in [0, 0.1) is 11.3 Å². The summed E-state index contributed by atoms with van der Waals surface area (Å²) in [5, 5.41) is 12.0. The van der Waals surface area contributed by atoms with E-state index in [1.54, 1.807) is 30.3 Å². The van der Waals surface area contributed by atoms with Crippen LogP contribution in [0.25, 0.3) is 0 Å². The number of likely N-dealkylation sites (N-methyl/N-ethyl adjacent to an activating group) is 1. The van der Waals surface area contributed by atoms with E-state index in [4.69, 9.17) is 16.9 Å². The van der Waals surface area contributed by atoms with E-state index in [0.29, 0.717) is 29.9 Å². The molecule has 2 aromatic rings. The monoisotopic (exact) mass is 382 g/mol. The van der Waals surface area contributed by atoms with Gasteiger partial charge in [0.15, 0.2) is 0 Å². The highest BCUT2D eigenvalue weighted by Gasteiger charge is 2.20. The number of nitriles is 1. The lowest BCUT2D eigenvalue weighted by Gasteiger charge is -2.32. The molecule has 0 spiro atoms. The van der Waals surface area contributed by atoms with Crippen LogP contribution in [0.4, 0.5) is 5.69 Å². The summed E-state index contributed by atoms with van der Waals surface area (Å²) in [5.41, 5.74) is 1.72. The summed E-state index contributed by atoms with van der Waals surface area (Å²) >= 11 is 6.05. The summed E-state index contributed by atoms with van der Waals surface area (Å²) in [6.45, 7) is 3.15. The highest BCUT2D eigenvalue weighted by atomic mass is 35.5. The summed E-state index contributed by atoms with van der Waals surface area (Å²) in [5.74, 6) is -0.416. The van der Waals surface area contributed by atoms with Crippen LogP contribution >= 0.6 is 11.6 Å². The van der Waals surface area contributed by atoms with Crippen molar-refractivity contribution in [3.63, 3.8) is 0 Å². The van der Waals surface area contributed by atoms with Crippen LogP contribution in [0.2, 0.25) is 5.02 Å². The number of carbonyl (C=O) groups is 2. The van der Waals surface area contributed by atoms with Gasteiger partial charge in [0.05, 0.1) is 22.2 Å². The van der Waals surface area contributed by atoms with E-state index in [1.165, 1.54) is 12.1 Å². The number of amides is 2. The third-order valence-electron chi connectivity index (χ3n) is 4.52. The molecule has 6 nitrogen and oxygen atoms in total. The molecule has 0 aliphatic carbocycles. The van der Waals surface area contributed by atoms with E-state index in [2.05, 4.69) is 10.2 Å². The number of halogens is 1. The molecule has 27 heavy (non-hydrogen) atoms. The summed E-state index contributed by atoms with van der Waals surface area (Å²) in [6.07, 6.45) is 0. The van der Waals surface area contributed by atoms with Crippen LogP contribution in [-0.2, 0) is 0 Å². The van der Waals surface area contributed by atoms with Gasteiger partial charge in [-0.25, -0.2) is 0 Å². The van der Waals surface area contributed by atoms with Crippen LogP contribution < -0.4 is 5.32 Å². The molecule has 0 bridgehead atoms. The molecule has 7 heteroatoms. The predicted molar refractivity (Wildman–Crippen MR) is 104 cm³/mol. The maximum absolute atomic E-state index is 12.5. The maximum atomic E-state index is 12.5. The van der Waals surface area contributed by atoms with E-state index >= 15 is 0 Å². The van der Waals surface area contributed by atoms with Gasteiger partial charge in [-0.15, -0.1) is 0 Å². The minimum Gasteiger partial charge on any atom is -0.336 e. The standard InChI is InChI=1S/C20H19ClN4O2/c1-24-8-10-25(11-9-24)20(27)15-3-5-16(6-4-15)23-19(26)17-12-14(13-22)2-7-18(17)21/h2-7,12H,8-11H2,1H3,(H,23,26). The number of nitrogens with one attached hydrogen (secondary N) is 1. The molecule has 0 aromatic heterocycles. The molecule has 1 aliphatic rings. The van der Waals surface area contributed by atoms with E-state index in [0.717, 1.165) is 13.1 Å². The number of anilines is 1. The molecule has 1 N–H and O–H groups in total. The zero-order chi connectivity index (χ0) is 19.4. The molecule has 0 atom stereocenters. The van der Waals surface area contributed by atoms with Crippen LogP contribution in [0.15, 0.2) is 42.5 Å². The fourth-order valence-corrected chi connectivity index (χ4v) is 3.06. The average molecular weight is 383 g/mol. The Hall–Kier alpha value is -2.88. The molecule has 1 aliphatic heterocycles. The molecular formula is C20H19ClN4O2. The third-order valence-corrected chi connectivity index (χ3v) is 4.85. The van der Waals surface area contributed by atoms with E-state index < -0.39 is 5.91 Å². The SMILES string of the molecule is CN1CCN(C(=O)c2ccc(NC(=O)c3cc(C#N)ccc3Cl)cc2)CC1. The lowest BCUT2D eigenvalue weighted by Crippen LogP contribution is -2.47. The topological polar surface area (TPSA) is 76.4 Å². The predicted octanol–water partition coefficient (Wildman–Crippen LogP) is 2.85. The Morgan fingerprint density at radius 3 is 2.37 bits per heavy atom. The van der Waals surface area contributed by atoms with Crippen molar-refractivity contribution in [2.24, 2.45) is 0 Å². The number of nitrogens with zero attached hydrogens (tertiary/aromatic N) is 3. The minimum absolute atomic E-state index is 0.00857. The first kappa shape index (κ1) is 18.9. The Balaban J connectivity index is 1.68. The summed E-state index contributed by atoms with van der Waals surface area (Å²) in [7, 11) is 2.04. The van der Waals surface area contributed by atoms with E-state index in [-0.39, 0.29) is 16.5 Å². The molecule has 138 valence electrons. The number of hydrogen-bond donors (Lipinski definition) is 1. The van der Waals surface area contributed by atoms with Crippen molar-refractivity contribution in [2.45, 2.75) is 0 Å². The van der Waals surface area contributed by atoms with E-state index in [9.17, 15) is 9.59 Å². The highest BCUT2D eigenvalue weighted by Crippen LogP contribution is 2.20. The third kappa shape index (κ3) is 4.45. The van der Waals surface area contributed by atoms with Gasteiger partial charge in [-0.1, -0.05) is 11.6 Å². The molecule has 0 radical (unpaired) electrons. The second-order valence-electron chi connectivity index (χ2n) is 6.43. The van der Waals surface area contributed by atoms with Crippen molar-refractivity contribution in [2.75, 3.05) is 38.5 Å². The number of benzene rings is 2. The molecule has 0 unspecified atom stereocenters. The first-order valence-electron chi connectivity index (χ1n) is 8.57. The number of carbonyl (C=O) groups excluding carboxylic acids is 2. The number of hydrogen-bond acceptors (Lipinski definition) is 4. The highest BCUT2D eigenvalue weighted by molar-refractivity contribution is 6.34. The van der Waals surface area contributed by atoms with Crippen molar-refractivity contribution in [1.82, 2.24) is 9.80 Å². The molecule has 1 fully saturated rings. The fraction of sp³-hybridized carbons (Fsp3) is 0.250. The van der Waals surface area contributed by atoms with Crippen molar-refractivity contribution < 1.29 is 9.59 Å². The first-order chi connectivity index (χ1) is 13.0. The van der Waals surface area contributed by atoms with Gasteiger partial charge in [-0.05, 0) is 49.5 Å². The second-order valence-corrected chi connectivity index (χ2v) is 6.84. The lowest BCUT2D eigenvalue weighted by molar-refractivity contribution is 0.0664. The first-order valence-corrected chi connectivity index (χ1v) is 8.94. The van der Waals surface area contributed by atoms with Gasteiger partial charge in [0.25, 0.3) is 11.8 Å². The normalized spacial score (nSPS) is 14.5. The quantitative estimate of drug-likeness (QED) is 0.885. The van der Waals surface area contributed by atoms with Crippen molar-refractivity contribution in [3.8, 4) is 6.07 Å². The van der Waals surface area contributed by atoms with Crippen molar-refractivity contribution in [1.29, 1.82) is 5.26 Å². The number of rotatable bonds is 3. The van der Waals surface area contributed by atoms with Crippen LogP contribution in [-0.4, -0.2) is 54.8 Å². The van der Waals surface area contributed by atoms with Gasteiger partial charge in [-0.3, -0.25) is 9.59 Å². The molecule has 1 saturated heterocycles. The van der Waals surface area contributed by atoms with Crippen LogP contribution in [0.3, 0.4) is 0 Å². The Kier molecular flexibility index (Phi) is 5.75. The van der Waals surface area contributed by atoms with Gasteiger partial charge in [0.2, 0.25) is 0 Å². The zero-order valence-electron chi connectivity index (χ0n) is 14.9. The molecular weight excluding hydrogens is 364 g/mol. The summed E-state index contributed by atoms with van der Waals surface area (Å²) < 4.78 is 0.